The lowest BCUT2D eigenvalue weighted by Gasteiger charge is -2.26. The van der Waals surface area contributed by atoms with Crippen molar-refractivity contribution in [3.63, 3.8) is 0 Å². The number of hydrogen-bond donors (Lipinski definition) is 2. The van der Waals surface area contributed by atoms with E-state index in [9.17, 15) is 10.0 Å². The molecule has 0 aromatic heterocycles. The summed E-state index contributed by atoms with van der Waals surface area (Å²) in [5.74, 6) is 0. The second-order valence-electron chi connectivity index (χ2n) is 31.2. The van der Waals surface area contributed by atoms with E-state index in [1.807, 2.05) is 0 Å². The van der Waals surface area contributed by atoms with Crippen molar-refractivity contribution in [2.75, 3.05) is 13.1 Å². The lowest BCUT2D eigenvalue weighted by atomic mass is 9.81. The molecule has 0 unspecified atom stereocenters. The zero-order valence-electron chi connectivity index (χ0n) is 66.5. The fraction of sp³-hybridized carbons (Fsp3) is 0.933. The molecule has 0 atom stereocenters. The molecule has 572 valence electrons. The summed E-state index contributed by atoms with van der Waals surface area (Å²) < 4.78 is 0. The number of halogens is 1. The number of unbranched alkanes of at least 4 members (excludes halogenated alkanes) is 78. The molecule has 0 saturated heterocycles. The van der Waals surface area contributed by atoms with Crippen LogP contribution in [0.5, 0.6) is 0 Å². The van der Waals surface area contributed by atoms with E-state index in [1.165, 1.54) is 538 Å². The maximum absolute atomic E-state index is 10.2. The van der Waals surface area contributed by atoms with Crippen LogP contribution in [-0.4, -0.2) is 20.2 Å². The van der Waals surface area contributed by atoms with Crippen LogP contribution in [0.3, 0.4) is 0 Å². The van der Waals surface area contributed by atoms with Crippen molar-refractivity contribution >= 4 is 24.2 Å². The molecule has 1 aromatic rings. The minimum Gasteiger partial charge on any atom is -0.889 e. The van der Waals surface area contributed by atoms with Crippen LogP contribution in [0.15, 0.2) is 24.3 Å². The molecule has 1 rings (SSSR count). The molecule has 0 heterocycles. The smallest absolute Gasteiger partial charge is 0.0739 e. The van der Waals surface area contributed by atoms with Gasteiger partial charge in [-0.25, -0.2) is 0 Å². The van der Waals surface area contributed by atoms with Gasteiger partial charge in [-0.05, 0) is 37.8 Å². The molecule has 4 nitrogen and oxygen atoms in total. The predicted octanol–water partition coefficient (Wildman–Crippen LogP) is 28.5. The van der Waals surface area contributed by atoms with Gasteiger partial charge >= 0.3 is 0 Å². The van der Waals surface area contributed by atoms with E-state index in [4.69, 9.17) is 11.6 Å². The van der Waals surface area contributed by atoms with Crippen molar-refractivity contribution in [1.29, 1.82) is 0 Å². The maximum atomic E-state index is 10.2. The third-order valence-corrected chi connectivity index (χ3v) is 21.6. The van der Waals surface area contributed by atoms with E-state index < -0.39 is 7.12 Å². The van der Waals surface area contributed by atoms with Gasteiger partial charge in [0.15, 0.2) is 0 Å². The van der Waals surface area contributed by atoms with E-state index in [1.54, 1.807) is 0 Å². The molecule has 1 aromatic carbocycles. The first kappa shape index (κ1) is 97.5. The Kier molecular flexibility index (Phi) is 93.8. The van der Waals surface area contributed by atoms with Crippen LogP contribution in [0.2, 0.25) is 5.02 Å². The zero-order valence-corrected chi connectivity index (χ0v) is 67.2. The predicted molar refractivity (Wildman–Crippen MR) is 433 cm³/mol. The number of quaternary nitrogens is 2. The van der Waals surface area contributed by atoms with Crippen molar-refractivity contribution < 1.29 is 21.5 Å². The SMILES string of the molecule is CCCCCCCCCCCCCCCCCCCCCCCCCCCCCCCCCCCCCCCCCC[NH3+].CCCCCCCCCCCCCCCCCCCCCCCCCCCCCCCCCCCCCCCCCC[NH3+].[O-]B([O-])c1ccc(Cl)cc1. The Morgan fingerprint density at radius 1 is 0.198 bits per heavy atom. The van der Waals surface area contributed by atoms with Gasteiger partial charge in [0.2, 0.25) is 0 Å². The third-order valence-electron chi connectivity index (χ3n) is 21.3. The Bertz CT molecular complexity index is 1290. The average molecular weight is 1370 g/mol. The molecule has 0 aliphatic carbocycles. The highest BCUT2D eigenvalue weighted by Crippen LogP contribution is 2.22. The highest BCUT2D eigenvalue weighted by Gasteiger charge is 2.02. The van der Waals surface area contributed by atoms with E-state index in [2.05, 4.69) is 25.3 Å². The largest absolute Gasteiger partial charge is 0.889 e. The van der Waals surface area contributed by atoms with Crippen LogP contribution in [-0.2, 0) is 0 Å². The normalized spacial score (nSPS) is 11.4. The maximum Gasteiger partial charge on any atom is 0.0739 e. The molecule has 0 spiro atoms. The molecule has 0 amide bonds. The van der Waals surface area contributed by atoms with Gasteiger partial charge < -0.3 is 21.5 Å². The van der Waals surface area contributed by atoms with Gasteiger partial charge in [0.1, 0.15) is 0 Å². The Morgan fingerprint density at radius 3 is 0.396 bits per heavy atom. The van der Waals surface area contributed by atoms with Crippen LogP contribution < -0.4 is 27.0 Å². The molecule has 0 saturated carbocycles. The summed E-state index contributed by atoms with van der Waals surface area (Å²) >= 11 is 5.51. The van der Waals surface area contributed by atoms with Crippen LogP contribution >= 0.6 is 11.6 Å². The monoisotopic (exact) mass is 1370 g/mol. The Hall–Kier alpha value is -0.585. The third kappa shape index (κ3) is 91.4. The van der Waals surface area contributed by atoms with Crippen molar-refractivity contribution in [1.82, 2.24) is 0 Å². The quantitative estimate of drug-likeness (QED) is 0.0501. The Labute approximate surface area is 612 Å². The van der Waals surface area contributed by atoms with Gasteiger partial charge in [-0.3, -0.25) is 0 Å². The van der Waals surface area contributed by atoms with Crippen LogP contribution in [0.4, 0.5) is 0 Å². The van der Waals surface area contributed by atoms with Crippen molar-refractivity contribution in [3.8, 4) is 0 Å². The topological polar surface area (TPSA) is 101 Å². The summed E-state index contributed by atoms with van der Waals surface area (Å²) in [6.07, 6.45) is 118. The minimum absolute atomic E-state index is 0.226. The molecule has 0 bridgehead atoms. The molecule has 0 aliphatic rings. The number of rotatable bonds is 81. The van der Waals surface area contributed by atoms with E-state index >= 15 is 0 Å². The second kappa shape index (κ2) is 92.4. The van der Waals surface area contributed by atoms with Gasteiger partial charge in [-0.15, -0.1) is 5.46 Å². The molecule has 6 N–H and O–H groups in total. The standard InChI is InChI=1S/2C42H87N.C6H4BClO2/c2*1-2-3-4-5-6-7-8-9-10-11-12-13-14-15-16-17-18-19-20-21-22-23-24-25-26-27-28-29-30-31-32-33-34-35-36-37-38-39-40-41-42-43;8-6-3-1-5(2-4-6)7(9)10/h2*2-43H2,1H3;1-4H/q;;-2/p+2. The first-order valence-corrected chi connectivity index (χ1v) is 45.6. The molecule has 0 aliphatic heterocycles. The first-order chi connectivity index (χ1) is 47.5. The minimum atomic E-state index is -1.91. The molecule has 6 heteroatoms. The second-order valence-corrected chi connectivity index (χ2v) is 31.6. The Morgan fingerprint density at radius 2 is 0.302 bits per heavy atom. The van der Waals surface area contributed by atoms with E-state index in [-0.39, 0.29) is 5.46 Å². The Balaban J connectivity index is 0. The van der Waals surface area contributed by atoms with Gasteiger partial charge in [0.25, 0.3) is 0 Å². The molecular weight excluding hydrogens is 1190 g/mol. The zero-order chi connectivity index (χ0) is 69.5. The van der Waals surface area contributed by atoms with Crippen molar-refractivity contribution in [3.05, 3.63) is 29.3 Å². The van der Waals surface area contributed by atoms with Gasteiger partial charge in [-0.1, -0.05) is 533 Å². The van der Waals surface area contributed by atoms with Crippen LogP contribution in [0, 0.1) is 0 Å². The van der Waals surface area contributed by atoms with Crippen LogP contribution in [0.25, 0.3) is 0 Å². The lowest BCUT2D eigenvalue weighted by Crippen LogP contribution is -2.55. The van der Waals surface area contributed by atoms with E-state index in [0.717, 1.165) is 13.1 Å². The summed E-state index contributed by atoms with van der Waals surface area (Å²) in [6, 6.07) is 5.93. The number of benzene rings is 1. The summed E-state index contributed by atoms with van der Waals surface area (Å²) in [4.78, 5) is 0. The van der Waals surface area contributed by atoms with Crippen molar-refractivity contribution in [2.24, 2.45) is 0 Å². The molecular formula is C90H180BClN2O2. The van der Waals surface area contributed by atoms with Gasteiger partial charge in [-0.2, -0.15) is 0 Å². The summed E-state index contributed by atoms with van der Waals surface area (Å²) in [5.41, 5.74) is 8.09. The lowest BCUT2D eigenvalue weighted by molar-refractivity contribution is -0.368. The first-order valence-electron chi connectivity index (χ1n) is 45.2. The molecule has 96 heavy (non-hydrogen) atoms. The van der Waals surface area contributed by atoms with Gasteiger partial charge in [0, 0.05) is 5.02 Å². The van der Waals surface area contributed by atoms with E-state index in [0.29, 0.717) is 5.02 Å². The fourth-order valence-corrected chi connectivity index (χ4v) is 14.7. The van der Waals surface area contributed by atoms with Crippen LogP contribution in [0.1, 0.15) is 528 Å². The highest BCUT2D eigenvalue weighted by molar-refractivity contribution is 6.55. The summed E-state index contributed by atoms with van der Waals surface area (Å²) in [7, 11) is -1.91. The average Bonchev–Trinajstić information content (AvgIpc) is 2.01. The summed E-state index contributed by atoms with van der Waals surface area (Å²) in [5, 5.41) is 21.0. The number of hydrogen-bond acceptors (Lipinski definition) is 2. The summed E-state index contributed by atoms with van der Waals surface area (Å²) in [6.45, 7) is 6.87. The highest BCUT2D eigenvalue weighted by atomic mass is 35.5. The van der Waals surface area contributed by atoms with Gasteiger partial charge in [0.05, 0.1) is 13.1 Å². The molecule has 0 fully saturated rings. The van der Waals surface area contributed by atoms with Crippen molar-refractivity contribution in [2.45, 2.75) is 528 Å². The molecule has 0 radical (unpaired) electrons. The fourth-order valence-electron chi connectivity index (χ4n) is 14.6.